The van der Waals surface area contributed by atoms with E-state index in [2.05, 4.69) is 10.1 Å². The lowest BCUT2D eigenvalue weighted by atomic mass is 10.0. The van der Waals surface area contributed by atoms with Crippen LogP contribution in [0.4, 0.5) is 14.5 Å². The number of carbonyl (C=O) groups excluding carboxylic acids is 1. The highest BCUT2D eigenvalue weighted by atomic mass is 19.3. The minimum atomic E-state index is -2.95. The van der Waals surface area contributed by atoms with Gasteiger partial charge in [-0.2, -0.15) is 8.78 Å². The van der Waals surface area contributed by atoms with E-state index in [1.807, 2.05) is 30.3 Å². The van der Waals surface area contributed by atoms with Crippen LogP contribution in [-0.2, 0) is 0 Å². The largest absolute Gasteiger partial charge is 0.433 e. The standard InChI is InChI=1S/C18H13F2NO2/c19-18(20)23-16-11-4-3-10-15(16)21-17(22)14-9-5-7-12-6-1-2-8-13(12)14/h1-11,18H,(H,21,22). The van der Waals surface area contributed by atoms with Crippen molar-refractivity contribution < 1.29 is 18.3 Å². The molecule has 0 saturated carbocycles. The van der Waals surface area contributed by atoms with Crippen LogP contribution in [0.5, 0.6) is 5.75 Å². The van der Waals surface area contributed by atoms with Crippen molar-refractivity contribution in [2.24, 2.45) is 0 Å². The van der Waals surface area contributed by atoms with E-state index in [1.165, 1.54) is 12.1 Å². The molecule has 0 heterocycles. The molecule has 0 unspecified atom stereocenters. The molecular weight excluding hydrogens is 300 g/mol. The minimum absolute atomic E-state index is 0.0731. The highest BCUT2D eigenvalue weighted by Gasteiger charge is 2.14. The first-order valence-corrected chi connectivity index (χ1v) is 6.98. The Morgan fingerprint density at radius 2 is 1.61 bits per heavy atom. The first-order valence-electron chi connectivity index (χ1n) is 6.98. The van der Waals surface area contributed by atoms with Gasteiger partial charge in [0.05, 0.1) is 5.69 Å². The summed E-state index contributed by atoms with van der Waals surface area (Å²) in [5.74, 6) is -0.455. The Labute approximate surface area is 131 Å². The number of benzene rings is 3. The SMILES string of the molecule is O=C(Nc1ccccc1OC(F)F)c1cccc2ccccc12. The number of amides is 1. The van der Waals surface area contributed by atoms with Gasteiger partial charge in [-0.05, 0) is 29.0 Å². The van der Waals surface area contributed by atoms with E-state index in [9.17, 15) is 13.6 Å². The third-order valence-corrected chi connectivity index (χ3v) is 3.39. The summed E-state index contributed by atoms with van der Waals surface area (Å²) in [6.45, 7) is -2.95. The lowest BCUT2D eigenvalue weighted by molar-refractivity contribution is -0.0493. The molecule has 1 N–H and O–H groups in total. The number of ether oxygens (including phenoxy) is 1. The summed E-state index contributed by atoms with van der Waals surface area (Å²) in [4.78, 5) is 12.5. The van der Waals surface area contributed by atoms with Gasteiger partial charge in [0.2, 0.25) is 0 Å². The molecule has 23 heavy (non-hydrogen) atoms. The van der Waals surface area contributed by atoms with Gasteiger partial charge in [-0.1, -0.05) is 48.5 Å². The van der Waals surface area contributed by atoms with Crippen molar-refractivity contribution in [3.63, 3.8) is 0 Å². The summed E-state index contributed by atoms with van der Waals surface area (Å²) in [6, 6.07) is 18.9. The second-order valence-corrected chi connectivity index (χ2v) is 4.86. The molecule has 0 atom stereocenters. The van der Waals surface area contributed by atoms with E-state index in [0.717, 1.165) is 10.8 Å². The topological polar surface area (TPSA) is 38.3 Å². The number of fused-ring (bicyclic) bond motifs is 1. The number of hydrogen-bond donors (Lipinski definition) is 1. The number of alkyl halides is 2. The number of hydrogen-bond acceptors (Lipinski definition) is 2. The van der Waals surface area contributed by atoms with Crippen molar-refractivity contribution in [1.82, 2.24) is 0 Å². The van der Waals surface area contributed by atoms with Gasteiger partial charge >= 0.3 is 6.61 Å². The zero-order valence-electron chi connectivity index (χ0n) is 12.0. The molecule has 116 valence electrons. The van der Waals surface area contributed by atoms with Crippen molar-refractivity contribution in [3.8, 4) is 5.75 Å². The molecule has 0 bridgehead atoms. The maximum Gasteiger partial charge on any atom is 0.387 e. The van der Waals surface area contributed by atoms with Crippen LogP contribution < -0.4 is 10.1 Å². The van der Waals surface area contributed by atoms with Crippen molar-refractivity contribution in [1.29, 1.82) is 0 Å². The molecule has 0 spiro atoms. The Bertz CT molecular complexity index is 844. The third kappa shape index (κ3) is 3.29. The van der Waals surface area contributed by atoms with Gasteiger partial charge in [-0.3, -0.25) is 4.79 Å². The fraction of sp³-hybridized carbons (Fsp3) is 0.0556. The predicted molar refractivity (Wildman–Crippen MR) is 85.0 cm³/mol. The molecule has 3 rings (SSSR count). The van der Waals surface area contributed by atoms with Gasteiger partial charge in [0.25, 0.3) is 5.91 Å². The summed E-state index contributed by atoms with van der Waals surface area (Å²) in [7, 11) is 0. The molecule has 0 aliphatic carbocycles. The van der Waals surface area contributed by atoms with E-state index < -0.39 is 6.61 Å². The van der Waals surface area contributed by atoms with E-state index in [1.54, 1.807) is 24.3 Å². The second kappa shape index (κ2) is 6.44. The molecule has 1 amide bonds. The van der Waals surface area contributed by atoms with E-state index in [-0.39, 0.29) is 17.3 Å². The summed E-state index contributed by atoms with van der Waals surface area (Å²) in [5, 5.41) is 4.35. The summed E-state index contributed by atoms with van der Waals surface area (Å²) < 4.78 is 29.3. The van der Waals surface area contributed by atoms with E-state index >= 15 is 0 Å². The first-order chi connectivity index (χ1) is 11.1. The molecule has 3 aromatic rings. The quantitative estimate of drug-likeness (QED) is 0.758. The van der Waals surface area contributed by atoms with Gasteiger partial charge < -0.3 is 10.1 Å². The molecule has 0 aliphatic heterocycles. The number of anilines is 1. The molecule has 0 fully saturated rings. The monoisotopic (exact) mass is 313 g/mol. The highest BCUT2D eigenvalue weighted by Crippen LogP contribution is 2.27. The fourth-order valence-electron chi connectivity index (χ4n) is 2.38. The molecule has 3 nitrogen and oxygen atoms in total. The molecule has 5 heteroatoms. The zero-order valence-corrected chi connectivity index (χ0v) is 12.0. The average molecular weight is 313 g/mol. The Kier molecular flexibility index (Phi) is 4.19. The number of halogens is 2. The zero-order chi connectivity index (χ0) is 16.2. The Hall–Kier alpha value is -2.95. The van der Waals surface area contributed by atoms with Crippen LogP contribution in [0.1, 0.15) is 10.4 Å². The van der Waals surface area contributed by atoms with Crippen molar-refractivity contribution in [3.05, 3.63) is 72.3 Å². The summed E-state index contributed by atoms with van der Waals surface area (Å²) >= 11 is 0. The van der Waals surface area contributed by atoms with Crippen LogP contribution in [0.3, 0.4) is 0 Å². The first kappa shape index (κ1) is 15.0. The number of rotatable bonds is 4. The van der Waals surface area contributed by atoms with Gasteiger partial charge in [-0.15, -0.1) is 0 Å². The highest BCUT2D eigenvalue weighted by molar-refractivity contribution is 6.13. The summed E-state index contributed by atoms with van der Waals surface area (Å²) in [6.07, 6.45) is 0. The van der Waals surface area contributed by atoms with E-state index in [4.69, 9.17) is 0 Å². The molecule has 0 aromatic heterocycles. The van der Waals surface area contributed by atoms with E-state index in [0.29, 0.717) is 5.56 Å². The molecular formula is C18H13F2NO2. The molecule has 3 aromatic carbocycles. The Balaban J connectivity index is 1.93. The lowest BCUT2D eigenvalue weighted by Gasteiger charge is -2.12. The second-order valence-electron chi connectivity index (χ2n) is 4.86. The third-order valence-electron chi connectivity index (χ3n) is 3.39. The van der Waals surface area contributed by atoms with Crippen LogP contribution in [-0.4, -0.2) is 12.5 Å². The predicted octanol–water partition coefficient (Wildman–Crippen LogP) is 4.69. The van der Waals surface area contributed by atoms with Crippen LogP contribution in [0.2, 0.25) is 0 Å². The van der Waals surface area contributed by atoms with Crippen LogP contribution in [0.15, 0.2) is 66.7 Å². The fourth-order valence-corrected chi connectivity index (χ4v) is 2.38. The van der Waals surface area contributed by atoms with Crippen molar-refractivity contribution >= 4 is 22.4 Å². The lowest BCUT2D eigenvalue weighted by Crippen LogP contribution is -2.14. The van der Waals surface area contributed by atoms with Crippen LogP contribution >= 0.6 is 0 Å². The molecule has 0 saturated heterocycles. The van der Waals surface area contributed by atoms with Gasteiger partial charge in [0, 0.05) is 5.56 Å². The van der Waals surface area contributed by atoms with Crippen molar-refractivity contribution in [2.75, 3.05) is 5.32 Å². The average Bonchev–Trinajstić information content (AvgIpc) is 2.55. The molecule has 0 aliphatic rings. The van der Waals surface area contributed by atoms with Crippen LogP contribution in [0.25, 0.3) is 10.8 Å². The van der Waals surface area contributed by atoms with Gasteiger partial charge in [0.1, 0.15) is 5.75 Å². The maximum absolute atomic E-state index is 12.5. The van der Waals surface area contributed by atoms with Gasteiger partial charge in [-0.25, -0.2) is 0 Å². The normalized spacial score (nSPS) is 10.7. The maximum atomic E-state index is 12.5. The van der Waals surface area contributed by atoms with Gasteiger partial charge in [0.15, 0.2) is 0 Å². The number of nitrogens with one attached hydrogen (secondary N) is 1. The summed E-state index contributed by atoms with van der Waals surface area (Å²) in [5.41, 5.74) is 0.667. The molecule has 0 radical (unpaired) electrons. The minimum Gasteiger partial charge on any atom is -0.433 e. The van der Waals surface area contributed by atoms with Crippen molar-refractivity contribution in [2.45, 2.75) is 6.61 Å². The van der Waals surface area contributed by atoms with Crippen LogP contribution in [0, 0.1) is 0 Å². The smallest absolute Gasteiger partial charge is 0.387 e. The number of para-hydroxylation sites is 2. The Morgan fingerprint density at radius 1 is 0.913 bits per heavy atom. The number of carbonyl (C=O) groups is 1. The Morgan fingerprint density at radius 3 is 2.43 bits per heavy atom.